The zero-order valence-electron chi connectivity index (χ0n) is 15.6. The summed E-state index contributed by atoms with van der Waals surface area (Å²) in [6.07, 6.45) is 0. The van der Waals surface area contributed by atoms with Crippen molar-refractivity contribution in [2.24, 2.45) is 0 Å². The Morgan fingerprint density at radius 3 is 2.54 bits per heavy atom. The molecule has 2 rings (SSSR count). The van der Waals surface area contributed by atoms with E-state index in [0.29, 0.717) is 29.6 Å². The third kappa shape index (κ3) is 5.38. The second kappa shape index (κ2) is 9.46. The van der Waals surface area contributed by atoms with Gasteiger partial charge in [0.25, 0.3) is 0 Å². The first kappa shape index (κ1) is 20.1. The Morgan fingerprint density at radius 2 is 1.92 bits per heavy atom. The maximum absolute atomic E-state index is 12.6. The number of rotatable bonds is 8. The molecule has 2 aromatic carbocycles. The number of methoxy groups -OCH3 is 1. The molecule has 0 radical (unpaired) electrons. The van der Waals surface area contributed by atoms with Crippen LogP contribution >= 0.6 is 11.6 Å². The molecule has 0 aliphatic rings. The normalized spacial score (nSPS) is 11.9. The zero-order valence-corrected chi connectivity index (χ0v) is 16.3. The number of ether oxygens (including phenoxy) is 2. The Morgan fingerprint density at radius 1 is 1.23 bits per heavy atom. The van der Waals surface area contributed by atoms with Gasteiger partial charge in [0.15, 0.2) is 0 Å². The Kier molecular flexibility index (Phi) is 7.30. The van der Waals surface area contributed by atoms with Crippen molar-refractivity contribution in [1.29, 1.82) is 0 Å². The van der Waals surface area contributed by atoms with E-state index < -0.39 is 0 Å². The molecular formula is C20H25ClN2O3. The number of benzene rings is 2. The molecule has 0 fully saturated rings. The molecule has 5 nitrogen and oxygen atoms in total. The average molecular weight is 377 g/mol. The number of likely N-dealkylation sites (N-methyl/N-ethyl adjacent to an activating group) is 1. The largest absolute Gasteiger partial charge is 0.495 e. The van der Waals surface area contributed by atoms with Crippen LogP contribution in [0.3, 0.4) is 0 Å². The van der Waals surface area contributed by atoms with Crippen molar-refractivity contribution < 1.29 is 14.3 Å². The van der Waals surface area contributed by atoms with Gasteiger partial charge in [-0.1, -0.05) is 23.7 Å². The minimum Gasteiger partial charge on any atom is -0.495 e. The first-order chi connectivity index (χ1) is 12.4. The van der Waals surface area contributed by atoms with Crippen LogP contribution in [0.1, 0.15) is 19.4 Å². The van der Waals surface area contributed by atoms with Crippen molar-refractivity contribution in [3.05, 3.63) is 53.1 Å². The lowest BCUT2D eigenvalue weighted by Crippen LogP contribution is -2.39. The third-order valence-electron chi connectivity index (χ3n) is 4.13. The van der Waals surface area contributed by atoms with Gasteiger partial charge in [0.1, 0.15) is 11.5 Å². The van der Waals surface area contributed by atoms with Gasteiger partial charge in [-0.05, 0) is 56.8 Å². The fraction of sp³-hybridized carbons (Fsp3) is 0.350. The fourth-order valence-corrected chi connectivity index (χ4v) is 2.67. The highest BCUT2D eigenvalue weighted by molar-refractivity contribution is 6.31. The molecule has 1 amide bonds. The first-order valence-electron chi connectivity index (χ1n) is 8.51. The lowest BCUT2D eigenvalue weighted by molar-refractivity contribution is -0.120. The Balaban J connectivity index is 1.99. The Labute approximate surface area is 159 Å². The smallest absolute Gasteiger partial charge is 0.241 e. The number of carbonyl (C=O) groups excluding carboxylic acids is 1. The number of nitrogens with zero attached hydrogens (tertiary/aromatic N) is 1. The van der Waals surface area contributed by atoms with Crippen molar-refractivity contribution in [3.8, 4) is 11.5 Å². The molecule has 1 N–H and O–H groups in total. The molecule has 0 bridgehead atoms. The van der Waals surface area contributed by atoms with Crippen molar-refractivity contribution in [1.82, 2.24) is 4.90 Å². The summed E-state index contributed by atoms with van der Waals surface area (Å²) in [6.45, 7) is 5.11. The Hall–Kier alpha value is -2.24. The first-order valence-corrected chi connectivity index (χ1v) is 8.88. The number of nitrogens with one attached hydrogen (secondary N) is 1. The number of hydrogen-bond donors (Lipinski definition) is 1. The van der Waals surface area contributed by atoms with E-state index in [1.807, 2.05) is 50.1 Å². The zero-order chi connectivity index (χ0) is 19.1. The quantitative estimate of drug-likeness (QED) is 0.749. The number of anilines is 1. The molecule has 0 heterocycles. The van der Waals surface area contributed by atoms with Crippen LogP contribution < -0.4 is 14.8 Å². The fourth-order valence-electron chi connectivity index (χ4n) is 2.50. The summed E-state index contributed by atoms with van der Waals surface area (Å²) in [5.41, 5.74) is 1.67. The molecule has 0 aromatic heterocycles. The van der Waals surface area contributed by atoms with Crippen LogP contribution in [0.4, 0.5) is 5.69 Å². The monoisotopic (exact) mass is 376 g/mol. The minimum absolute atomic E-state index is 0.126. The molecule has 0 aliphatic heterocycles. The number of halogens is 1. The summed E-state index contributed by atoms with van der Waals surface area (Å²) >= 11 is 6.01. The van der Waals surface area contributed by atoms with Crippen molar-refractivity contribution >= 4 is 23.2 Å². The molecule has 0 saturated carbocycles. The molecule has 1 atom stereocenters. The van der Waals surface area contributed by atoms with E-state index in [0.717, 1.165) is 11.3 Å². The van der Waals surface area contributed by atoms with E-state index in [1.54, 1.807) is 25.3 Å². The number of hydrogen-bond acceptors (Lipinski definition) is 4. The lowest BCUT2D eigenvalue weighted by atomic mass is 10.1. The van der Waals surface area contributed by atoms with Gasteiger partial charge < -0.3 is 14.8 Å². The standard InChI is InChI=1S/C20H25ClN2O3/c1-5-26-17-9-6-15(7-10-17)13-23(3)14(2)20(24)22-18-12-16(21)8-11-19(18)25-4/h6-12,14H,5,13H2,1-4H3,(H,22,24)/t14-/m1/s1. The van der Waals surface area contributed by atoms with Gasteiger partial charge >= 0.3 is 0 Å². The Bertz CT molecular complexity index is 734. The molecule has 6 heteroatoms. The maximum Gasteiger partial charge on any atom is 0.241 e. The number of carbonyl (C=O) groups is 1. The second-order valence-corrected chi connectivity index (χ2v) is 6.44. The second-order valence-electron chi connectivity index (χ2n) is 6.00. The number of amides is 1. The summed E-state index contributed by atoms with van der Waals surface area (Å²) in [5.74, 6) is 1.29. The van der Waals surface area contributed by atoms with Gasteiger partial charge in [-0.2, -0.15) is 0 Å². The predicted octanol–water partition coefficient (Wildman–Crippen LogP) is 4.21. The highest BCUT2D eigenvalue weighted by Crippen LogP contribution is 2.28. The summed E-state index contributed by atoms with van der Waals surface area (Å²) < 4.78 is 10.7. The van der Waals surface area contributed by atoms with Crippen LogP contribution in [0.25, 0.3) is 0 Å². The SMILES string of the molecule is CCOc1ccc(CN(C)[C@H](C)C(=O)Nc2cc(Cl)ccc2OC)cc1. The summed E-state index contributed by atoms with van der Waals surface area (Å²) in [5, 5.41) is 3.42. The van der Waals surface area contributed by atoms with Crippen LogP contribution in [0.2, 0.25) is 5.02 Å². The molecule has 0 spiro atoms. The molecular weight excluding hydrogens is 352 g/mol. The van der Waals surface area contributed by atoms with Gasteiger partial charge in [-0.3, -0.25) is 9.69 Å². The van der Waals surface area contributed by atoms with E-state index >= 15 is 0 Å². The van der Waals surface area contributed by atoms with Crippen LogP contribution in [-0.2, 0) is 11.3 Å². The minimum atomic E-state index is -0.328. The van der Waals surface area contributed by atoms with Gasteiger partial charge in [-0.15, -0.1) is 0 Å². The lowest BCUT2D eigenvalue weighted by Gasteiger charge is -2.24. The van der Waals surface area contributed by atoms with Crippen LogP contribution in [0.15, 0.2) is 42.5 Å². The van der Waals surface area contributed by atoms with Gasteiger partial charge in [0.05, 0.1) is 25.4 Å². The topological polar surface area (TPSA) is 50.8 Å². The van der Waals surface area contributed by atoms with Crippen molar-refractivity contribution in [2.75, 3.05) is 26.1 Å². The summed E-state index contributed by atoms with van der Waals surface area (Å²) in [7, 11) is 3.47. The van der Waals surface area contributed by atoms with E-state index in [2.05, 4.69) is 5.32 Å². The average Bonchev–Trinajstić information content (AvgIpc) is 2.63. The summed E-state index contributed by atoms with van der Waals surface area (Å²) in [6, 6.07) is 12.7. The van der Waals surface area contributed by atoms with E-state index in [-0.39, 0.29) is 11.9 Å². The molecule has 0 unspecified atom stereocenters. The highest BCUT2D eigenvalue weighted by atomic mass is 35.5. The van der Waals surface area contributed by atoms with E-state index in [1.165, 1.54) is 0 Å². The van der Waals surface area contributed by atoms with Gasteiger partial charge in [0, 0.05) is 11.6 Å². The van der Waals surface area contributed by atoms with Gasteiger partial charge in [0.2, 0.25) is 5.91 Å². The molecule has 26 heavy (non-hydrogen) atoms. The molecule has 2 aromatic rings. The van der Waals surface area contributed by atoms with E-state index in [9.17, 15) is 4.79 Å². The van der Waals surface area contributed by atoms with E-state index in [4.69, 9.17) is 21.1 Å². The van der Waals surface area contributed by atoms with Crippen molar-refractivity contribution in [2.45, 2.75) is 26.4 Å². The molecule has 140 valence electrons. The molecule has 0 saturated heterocycles. The predicted molar refractivity (Wildman–Crippen MR) is 105 cm³/mol. The van der Waals surface area contributed by atoms with Crippen LogP contribution in [0.5, 0.6) is 11.5 Å². The highest BCUT2D eigenvalue weighted by Gasteiger charge is 2.19. The summed E-state index contributed by atoms with van der Waals surface area (Å²) in [4.78, 5) is 14.6. The van der Waals surface area contributed by atoms with Gasteiger partial charge in [-0.25, -0.2) is 0 Å². The van der Waals surface area contributed by atoms with Crippen molar-refractivity contribution in [3.63, 3.8) is 0 Å². The molecule has 0 aliphatic carbocycles. The maximum atomic E-state index is 12.6. The van der Waals surface area contributed by atoms with Crippen LogP contribution in [0, 0.1) is 0 Å². The van der Waals surface area contributed by atoms with Crippen LogP contribution in [-0.4, -0.2) is 37.6 Å². The third-order valence-corrected chi connectivity index (χ3v) is 4.36.